The molecule has 2 N–H and O–H groups in total. The Morgan fingerprint density at radius 1 is 1.14 bits per heavy atom. The third-order valence-electron chi connectivity index (χ3n) is 5.28. The number of hydrogen-bond acceptors (Lipinski definition) is 3. The van der Waals surface area contributed by atoms with Crippen molar-refractivity contribution in [1.29, 1.82) is 0 Å². The molecule has 118 valence electrons. The fourth-order valence-corrected chi connectivity index (χ4v) is 5.18. The van der Waals surface area contributed by atoms with Crippen molar-refractivity contribution < 1.29 is 19.4 Å². The Kier molecular flexibility index (Phi) is 3.05. The first kappa shape index (κ1) is 14.7. The maximum atomic E-state index is 12.1. The topological polar surface area (TPSA) is 75.6 Å². The van der Waals surface area contributed by atoms with E-state index >= 15 is 0 Å². The van der Waals surface area contributed by atoms with Crippen LogP contribution >= 0.6 is 0 Å². The van der Waals surface area contributed by atoms with Crippen LogP contribution in [0.1, 0.15) is 59.3 Å². The van der Waals surface area contributed by atoms with Crippen molar-refractivity contribution in [2.45, 2.75) is 70.4 Å². The molecule has 0 aromatic rings. The first-order valence-corrected chi connectivity index (χ1v) is 7.86. The Balaban J connectivity index is 1.79. The summed E-state index contributed by atoms with van der Waals surface area (Å²) in [5.74, 6) is 0.168. The lowest BCUT2D eigenvalue weighted by Crippen LogP contribution is -2.65. The van der Waals surface area contributed by atoms with Gasteiger partial charge in [-0.3, -0.25) is 4.79 Å². The summed E-state index contributed by atoms with van der Waals surface area (Å²) in [5.41, 5.74) is -1.53. The fraction of sp³-hybridized carbons (Fsp3) is 0.875. The lowest BCUT2D eigenvalue weighted by molar-refractivity contribution is -0.168. The molecule has 4 aliphatic carbocycles. The number of amides is 1. The van der Waals surface area contributed by atoms with Crippen molar-refractivity contribution in [3.63, 3.8) is 0 Å². The third kappa shape index (κ3) is 2.62. The van der Waals surface area contributed by atoms with Crippen LogP contribution in [0.2, 0.25) is 0 Å². The number of hydrogen-bond donors (Lipinski definition) is 2. The molecule has 4 aliphatic rings. The Labute approximate surface area is 125 Å². The maximum absolute atomic E-state index is 12.1. The molecule has 0 aromatic carbocycles. The first-order chi connectivity index (χ1) is 9.62. The lowest BCUT2D eigenvalue weighted by atomic mass is 9.47. The number of carbonyl (C=O) groups excluding carboxylic acids is 1. The van der Waals surface area contributed by atoms with E-state index in [9.17, 15) is 14.7 Å². The van der Waals surface area contributed by atoms with Crippen LogP contribution in [-0.2, 0) is 9.53 Å². The number of alkyl carbamates (subject to hydrolysis) is 1. The highest BCUT2D eigenvalue weighted by Crippen LogP contribution is 2.61. The van der Waals surface area contributed by atoms with Gasteiger partial charge < -0.3 is 15.2 Å². The van der Waals surface area contributed by atoms with E-state index in [0.29, 0.717) is 18.3 Å². The molecule has 4 rings (SSSR count). The van der Waals surface area contributed by atoms with Crippen molar-refractivity contribution in [1.82, 2.24) is 5.32 Å². The number of aliphatic carboxylic acids is 1. The van der Waals surface area contributed by atoms with Crippen LogP contribution < -0.4 is 5.32 Å². The molecule has 2 atom stereocenters. The molecule has 1 amide bonds. The normalized spacial score (nSPS) is 40.9. The summed E-state index contributed by atoms with van der Waals surface area (Å²) in [6.45, 7) is 5.51. The van der Waals surface area contributed by atoms with Gasteiger partial charge >= 0.3 is 12.1 Å². The molecule has 4 saturated carbocycles. The number of carbonyl (C=O) groups is 2. The molecular weight excluding hydrogens is 270 g/mol. The van der Waals surface area contributed by atoms with Crippen molar-refractivity contribution >= 4 is 12.1 Å². The molecule has 5 nitrogen and oxygen atoms in total. The number of ether oxygens (including phenoxy) is 1. The SMILES string of the molecule is CC(C)(C)OC(=O)NC12CC3CC(C1)CC(C(=O)O)(C3)C2. The summed E-state index contributed by atoms with van der Waals surface area (Å²) in [7, 11) is 0. The summed E-state index contributed by atoms with van der Waals surface area (Å²) in [6.07, 6.45) is 4.61. The number of nitrogens with one attached hydrogen (secondary N) is 1. The van der Waals surface area contributed by atoms with E-state index in [0.717, 1.165) is 32.1 Å². The molecule has 4 bridgehead atoms. The van der Waals surface area contributed by atoms with Crippen molar-refractivity contribution in [2.24, 2.45) is 17.3 Å². The van der Waals surface area contributed by atoms with Crippen molar-refractivity contribution in [3.05, 3.63) is 0 Å². The monoisotopic (exact) mass is 295 g/mol. The van der Waals surface area contributed by atoms with Crippen LogP contribution in [0, 0.1) is 17.3 Å². The molecule has 0 spiro atoms. The van der Waals surface area contributed by atoms with Crippen LogP contribution in [0.5, 0.6) is 0 Å². The average molecular weight is 295 g/mol. The Morgan fingerprint density at radius 2 is 1.71 bits per heavy atom. The number of carboxylic acids is 1. The summed E-state index contributed by atoms with van der Waals surface area (Å²) in [5, 5.41) is 12.7. The quantitative estimate of drug-likeness (QED) is 0.821. The van der Waals surface area contributed by atoms with Gasteiger partial charge in [-0.05, 0) is 71.1 Å². The molecule has 0 radical (unpaired) electrons. The highest BCUT2D eigenvalue weighted by atomic mass is 16.6. The maximum Gasteiger partial charge on any atom is 0.408 e. The van der Waals surface area contributed by atoms with Crippen LogP contribution in [0.15, 0.2) is 0 Å². The Bertz CT molecular complexity index is 465. The second-order valence-electron chi connectivity index (χ2n) is 8.45. The van der Waals surface area contributed by atoms with Crippen molar-refractivity contribution in [2.75, 3.05) is 0 Å². The summed E-state index contributed by atoms with van der Waals surface area (Å²) < 4.78 is 5.37. The van der Waals surface area contributed by atoms with E-state index in [-0.39, 0.29) is 5.54 Å². The Morgan fingerprint density at radius 3 is 2.19 bits per heavy atom. The Hall–Kier alpha value is -1.26. The van der Waals surface area contributed by atoms with Gasteiger partial charge in [-0.25, -0.2) is 4.79 Å². The molecule has 0 aromatic heterocycles. The molecule has 0 heterocycles. The summed E-state index contributed by atoms with van der Waals surface area (Å²) in [4.78, 5) is 23.9. The summed E-state index contributed by atoms with van der Waals surface area (Å²) >= 11 is 0. The van der Waals surface area contributed by atoms with Gasteiger partial charge in [0.2, 0.25) is 0 Å². The summed E-state index contributed by atoms with van der Waals surface area (Å²) in [6, 6.07) is 0. The number of rotatable bonds is 2. The standard InChI is InChI=1S/C16H25NO4/c1-14(2,3)21-13(20)17-16-7-10-4-11(8-16)6-15(5-10,9-16)12(18)19/h10-11H,4-9H2,1-3H3,(H,17,20)(H,18,19). The van der Waals surface area contributed by atoms with E-state index in [4.69, 9.17) is 4.74 Å². The zero-order valence-electron chi connectivity index (χ0n) is 13.1. The average Bonchev–Trinajstić information content (AvgIpc) is 2.22. The zero-order valence-corrected chi connectivity index (χ0v) is 13.1. The van der Waals surface area contributed by atoms with Gasteiger partial charge in [0, 0.05) is 5.54 Å². The van der Waals surface area contributed by atoms with Gasteiger partial charge in [-0.1, -0.05) is 0 Å². The van der Waals surface area contributed by atoms with E-state index < -0.39 is 23.1 Å². The van der Waals surface area contributed by atoms with Crippen LogP contribution in [0.25, 0.3) is 0 Å². The molecular formula is C16H25NO4. The van der Waals surface area contributed by atoms with Crippen LogP contribution in [0.4, 0.5) is 4.79 Å². The van der Waals surface area contributed by atoms with Gasteiger partial charge in [0.15, 0.2) is 0 Å². The van der Waals surface area contributed by atoms with Gasteiger partial charge in [0.25, 0.3) is 0 Å². The van der Waals surface area contributed by atoms with E-state index in [1.54, 1.807) is 0 Å². The second kappa shape index (κ2) is 4.37. The minimum Gasteiger partial charge on any atom is -0.481 e. The van der Waals surface area contributed by atoms with Crippen LogP contribution in [0.3, 0.4) is 0 Å². The molecule has 0 aliphatic heterocycles. The minimum atomic E-state index is -0.688. The van der Waals surface area contributed by atoms with Gasteiger partial charge in [-0.15, -0.1) is 0 Å². The predicted molar refractivity (Wildman–Crippen MR) is 76.9 cm³/mol. The van der Waals surface area contributed by atoms with Crippen molar-refractivity contribution in [3.8, 4) is 0 Å². The minimum absolute atomic E-state index is 0.370. The highest BCUT2D eigenvalue weighted by molar-refractivity contribution is 5.76. The fourth-order valence-electron chi connectivity index (χ4n) is 5.18. The largest absolute Gasteiger partial charge is 0.481 e. The molecule has 5 heteroatoms. The van der Waals surface area contributed by atoms with Gasteiger partial charge in [0.1, 0.15) is 5.60 Å². The predicted octanol–water partition coefficient (Wildman–Crippen LogP) is 2.93. The highest BCUT2D eigenvalue weighted by Gasteiger charge is 2.61. The van der Waals surface area contributed by atoms with Gasteiger partial charge in [-0.2, -0.15) is 0 Å². The zero-order chi connectivity index (χ0) is 15.5. The third-order valence-corrected chi connectivity index (χ3v) is 5.28. The first-order valence-electron chi connectivity index (χ1n) is 7.86. The smallest absolute Gasteiger partial charge is 0.408 e. The van der Waals surface area contributed by atoms with E-state index in [1.165, 1.54) is 0 Å². The van der Waals surface area contributed by atoms with E-state index in [2.05, 4.69) is 5.32 Å². The molecule has 21 heavy (non-hydrogen) atoms. The molecule has 2 unspecified atom stereocenters. The van der Waals surface area contributed by atoms with E-state index in [1.807, 2.05) is 20.8 Å². The molecule has 4 fully saturated rings. The lowest BCUT2D eigenvalue weighted by Gasteiger charge is -2.60. The molecule has 0 saturated heterocycles. The van der Waals surface area contributed by atoms with Gasteiger partial charge in [0.05, 0.1) is 5.41 Å². The second-order valence-corrected chi connectivity index (χ2v) is 8.45. The van der Waals surface area contributed by atoms with Crippen LogP contribution in [-0.4, -0.2) is 28.3 Å². The number of carboxylic acid groups (broad SMARTS) is 1.